The van der Waals surface area contributed by atoms with Crippen LogP contribution in [-0.2, 0) is 10.0 Å². The van der Waals surface area contributed by atoms with E-state index in [0.29, 0.717) is 17.1 Å². The molecule has 2 N–H and O–H groups in total. The van der Waals surface area contributed by atoms with Crippen LogP contribution in [0.1, 0.15) is 31.2 Å². The van der Waals surface area contributed by atoms with E-state index >= 15 is 0 Å². The predicted octanol–water partition coefficient (Wildman–Crippen LogP) is 2.51. The largest absolute Gasteiger partial charge is 0.311 e. The molecule has 21 heavy (non-hydrogen) atoms. The van der Waals surface area contributed by atoms with Crippen LogP contribution in [0, 0.1) is 0 Å². The highest BCUT2D eigenvalue weighted by molar-refractivity contribution is 7.92. The van der Waals surface area contributed by atoms with Crippen LogP contribution in [0.5, 0.6) is 0 Å². The van der Waals surface area contributed by atoms with Gasteiger partial charge in [0.1, 0.15) is 0 Å². The van der Waals surface area contributed by atoms with Gasteiger partial charge in [0.25, 0.3) is 0 Å². The van der Waals surface area contributed by atoms with E-state index in [1.54, 1.807) is 30.3 Å². The van der Waals surface area contributed by atoms with E-state index in [1.807, 2.05) is 0 Å². The van der Waals surface area contributed by atoms with Gasteiger partial charge in [-0.1, -0.05) is 23.7 Å². The van der Waals surface area contributed by atoms with Crippen LogP contribution in [0.4, 0.5) is 0 Å². The number of piperidine rings is 1. The molecule has 6 heteroatoms. The summed E-state index contributed by atoms with van der Waals surface area (Å²) in [6.45, 7) is 0. The fraction of sp³-hybridized carbons (Fsp3) is 0.467. The van der Waals surface area contributed by atoms with Gasteiger partial charge in [0, 0.05) is 28.6 Å². The minimum Gasteiger partial charge on any atom is -0.311 e. The van der Waals surface area contributed by atoms with Gasteiger partial charge in [0.15, 0.2) is 0 Å². The molecule has 0 saturated carbocycles. The molecule has 1 aromatic carbocycles. The molecule has 0 aliphatic carbocycles. The quantitative estimate of drug-likeness (QED) is 0.894. The Kier molecular flexibility index (Phi) is 4.36. The van der Waals surface area contributed by atoms with Crippen molar-refractivity contribution in [2.24, 2.45) is 0 Å². The van der Waals surface area contributed by atoms with Crippen LogP contribution >= 0.6 is 11.6 Å². The first-order valence-corrected chi connectivity index (χ1v) is 9.15. The van der Waals surface area contributed by atoms with Crippen molar-refractivity contribution in [3.63, 3.8) is 0 Å². The van der Waals surface area contributed by atoms with Crippen molar-refractivity contribution in [2.75, 3.05) is 0 Å². The number of sulfonamides is 1. The molecule has 0 spiro atoms. The van der Waals surface area contributed by atoms with E-state index in [0.717, 1.165) is 31.2 Å². The van der Waals surface area contributed by atoms with Crippen molar-refractivity contribution in [2.45, 2.75) is 43.8 Å². The van der Waals surface area contributed by atoms with Crippen LogP contribution in [-0.4, -0.2) is 26.5 Å². The van der Waals surface area contributed by atoms with Gasteiger partial charge in [0.05, 0.1) is 0 Å². The van der Waals surface area contributed by atoms with Crippen LogP contribution in [0.2, 0.25) is 5.02 Å². The van der Waals surface area contributed by atoms with Gasteiger partial charge >= 0.3 is 0 Å². The summed E-state index contributed by atoms with van der Waals surface area (Å²) in [7, 11) is -3.40. The molecular formula is C15H19ClN2O2S. The second-order valence-corrected chi connectivity index (χ2v) is 7.86. The summed E-state index contributed by atoms with van der Waals surface area (Å²) < 4.78 is 27.1. The summed E-state index contributed by atoms with van der Waals surface area (Å²) in [5.41, 5.74) is 0.815. The molecular weight excluding hydrogens is 308 g/mol. The maximum Gasteiger partial charge on any atom is 0.233 e. The SMILES string of the molecule is O=S(=O)(/C=C/c1ccc(Cl)cc1)NC1CC2CCC(C1)N2. The molecule has 1 aromatic rings. The average molecular weight is 327 g/mol. The summed E-state index contributed by atoms with van der Waals surface area (Å²) in [5, 5.41) is 5.38. The molecule has 2 atom stereocenters. The van der Waals surface area contributed by atoms with Gasteiger partial charge in [-0.25, -0.2) is 13.1 Å². The van der Waals surface area contributed by atoms with Crippen molar-refractivity contribution >= 4 is 27.7 Å². The van der Waals surface area contributed by atoms with Crippen molar-refractivity contribution in [1.29, 1.82) is 0 Å². The number of rotatable bonds is 4. The molecule has 2 heterocycles. The van der Waals surface area contributed by atoms with E-state index in [2.05, 4.69) is 10.0 Å². The zero-order valence-electron chi connectivity index (χ0n) is 11.6. The zero-order valence-corrected chi connectivity index (χ0v) is 13.2. The van der Waals surface area contributed by atoms with Crippen molar-refractivity contribution in [3.05, 3.63) is 40.3 Å². The number of nitrogens with one attached hydrogen (secondary N) is 2. The van der Waals surface area contributed by atoms with E-state index in [-0.39, 0.29) is 6.04 Å². The molecule has 3 rings (SSSR count). The molecule has 2 aliphatic rings. The van der Waals surface area contributed by atoms with Gasteiger partial charge in [-0.15, -0.1) is 0 Å². The maximum atomic E-state index is 12.1. The third-order valence-corrected chi connectivity index (χ3v) is 5.52. The highest BCUT2D eigenvalue weighted by atomic mass is 35.5. The first kappa shape index (κ1) is 15.0. The monoisotopic (exact) mass is 326 g/mol. The van der Waals surface area contributed by atoms with Crippen LogP contribution in [0.3, 0.4) is 0 Å². The van der Waals surface area contributed by atoms with Gasteiger partial charge < -0.3 is 5.32 Å². The normalized spacial score (nSPS) is 29.1. The van der Waals surface area contributed by atoms with E-state index in [1.165, 1.54) is 5.41 Å². The molecule has 4 nitrogen and oxygen atoms in total. The fourth-order valence-electron chi connectivity index (χ4n) is 3.17. The Balaban J connectivity index is 1.62. The molecule has 2 aliphatic heterocycles. The lowest BCUT2D eigenvalue weighted by Gasteiger charge is -2.29. The zero-order chi connectivity index (χ0) is 14.9. The summed E-state index contributed by atoms with van der Waals surface area (Å²) in [6.07, 6.45) is 5.66. The molecule has 114 valence electrons. The summed E-state index contributed by atoms with van der Waals surface area (Å²) >= 11 is 5.80. The van der Waals surface area contributed by atoms with Gasteiger partial charge in [0.2, 0.25) is 10.0 Å². The van der Waals surface area contributed by atoms with Crippen LogP contribution < -0.4 is 10.0 Å². The average Bonchev–Trinajstić information content (AvgIpc) is 2.77. The molecule has 0 aromatic heterocycles. The fourth-order valence-corrected chi connectivity index (χ4v) is 4.37. The van der Waals surface area contributed by atoms with Crippen LogP contribution in [0.15, 0.2) is 29.7 Å². The Labute approximate surface area is 130 Å². The van der Waals surface area contributed by atoms with Crippen molar-refractivity contribution in [3.8, 4) is 0 Å². The molecule has 2 bridgehead atoms. The second kappa shape index (κ2) is 6.08. The first-order chi connectivity index (χ1) is 10.00. The third-order valence-electron chi connectivity index (χ3n) is 4.11. The topological polar surface area (TPSA) is 58.2 Å². The minimum atomic E-state index is -3.40. The highest BCUT2D eigenvalue weighted by Crippen LogP contribution is 2.27. The lowest BCUT2D eigenvalue weighted by molar-refractivity contribution is 0.346. The summed E-state index contributed by atoms with van der Waals surface area (Å²) in [5.74, 6) is 0. The first-order valence-electron chi connectivity index (χ1n) is 7.22. The van der Waals surface area contributed by atoms with Gasteiger partial charge in [-0.05, 0) is 49.5 Å². The Morgan fingerprint density at radius 3 is 2.38 bits per heavy atom. The Bertz CT molecular complexity index is 616. The van der Waals surface area contributed by atoms with Gasteiger partial charge in [-0.3, -0.25) is 0 Å². The third kappa shape index (κ3) is 4.07. The standard InChI is InChI=1S/C15H19ClN2O2S/c16-12-3-1-11(2-4-12)7-8-21(19,20)18-15-9-13-5-6-14(10-15)17-13/h1-4,7-8,13-15,17-18H,5-6,9-10H2/b8-7+. The Morgan fingerprint density at radius 2 is 1.76 bits per heavy atom. The number of hydrogen-bond donors (Lipinski definition) is 2. The minimum absolute atomic E-state index is 0.0450. The number of fused-ring (bicyclic) bond motifs is 2. The number of hydrogen-bond acceptors (Lipinski definition) is 3. The summed E-state index contributed by atoms with van der Waals surface area (Å²) in [4.78, 5) is 0. The predicted molar refractivity (Wildman–Crippen MR) is 85.5 cm³/mol. The van der Waals surface area contributed by atoms with E-state index in [9.17, 15) is 8.42 Å². The van der Waals surface area contributed by atoms with Crippen molar-refractivity contribution in [1.82, 2.24) is 10.0 Å². The lowest BCUT2D eigenvalue weighted by Crippen LogP contribution is -2.47. The Hall–Kier alpha value is -0.880. The molecule has 0 amide bonds. The smallest absolute Gasteiger partial charge is 0.233 e. The molecule has 2 fully saturated rings. The molecule has 2 saturated heterocycles. The molecule has 2 unspecified atom stereocenters. The Morgan fingerprint density at radius 1 is 1.14 bits per heavy atom. The maximum absolute atomic E-state index is 12.1. The number of halogens is 1. The second-order valence-electron chi connectivity index (χ2n) is 5.82. The van der Waals surface area contributed by atoms with Gasteiger partial charge in [-0.2, -0.15) is 0 Å². The van der Waals surface area contributed by atoms with Crippen LogP contribution in [0.25, 0.3) is 6.08 Å². The lowest BCUT2D eigenvalue weighted by atomic mass is 10.0. The highest BCUT2D eigenvalue weighted by Gasteiger charge is 2.34. The van der Waals surface area contributed by atoms with E-state index < -0.39 is 10.0 Å². The van der Waals surface area contributed by atoms with E-state index in [4.69, 9.17) is 11.6 Å². The van der Waals surface area contributed by atoms with Crippen molar-refractivity contribution < 1.29 is 8.42 Å². The summed E-state index contributed by atoms with van der Waals surface area (Å²) in [6, 6.07) is 8.05. The number of benzene rings is 1. The molecule has 0 radical (unpaired) electrons.